The van der Waals surface area contributed by atoms with Gasteiger partial charge in [0, 0.05) is 33.2 Å². The Morgan fingerprint density at radius 3 is 1.42 bits per heavy atom. The zero-order valence-corrected chi connectivity index (χ0v) is 33.9. The highest BCUT2D eigenvalue weighted by atomic mass is 16.3. The predicted octanol–water partition coefficient (Wildman–Crippen LogP) is 17.2. The third kappa shape index (κ3) is 6.12. The van der Waals surface area contributed by atoms with Gasteiger partial charge >= 0.3 is 0 Å². The van der Waals surface area contributed by atoms with Crippen LogP contribution in [0, 0.1) is 0 Å². The normalized spacial score (nSPS) is 11.5. The second-order valence-electron chi connectivity index (χ2n) is 16.1. The van der Waals surface area contributed by atoms with Gasteiger partial charge in [-0.1, -0.05) is 182 Å². The molecule has 0 fully saturated rings. The van der Waals surface area contributed by atoms with Gasteiger partial charge in [-0.05, 0) is 126 Å². The summed E-state index contributed by atoms with van der Waals surface area (Å²) in [5.74, 6) is 0. The molecule has 0 saturated carbocycles. The fourth-order valence-corrected chi connectivity index (χ4v) is 9.49. The largest absolute Gasteiger partial charge is 0.455 e. The molecule has 290 valence electrons. The average Bonchev–Trinajstić information content (AvgIpc) is 3.74. The fraction of sp³-hybridized carbons (Fsp3) is 0. The fourth-order valence-electron chi connectivity index (χ4n) is 9.49. The molecule has 1 aromatic heterocycles. The number of nitrogens with zero attached hydrogens (tertiary/aromatic N) is 1. The van der Waals surface area contributed by atoms with Gasteiger partial charge in [0.2, 0.25) is 0 Å². The summed E-state index contributed by atoms with van der Waals surface area (Å²) < 4.78 is 6.62. The Morgan fingerprint density at radius 1 is 0.274 bits per heavy atom. The van der Waals surface area contributed by atoms with Gasteiger partial charge in [0.25, 0.3) is 0 Å². The topological polar surface area (TPSA) is 16.4 Å². The lowest BCUT2D eigenvalue weighted by atomic mass is 9.95. The summed E-state index contributed by atoms with van der Waals surface area (Å²) >= 11 is 0. The van der Waals surface area contributed by atoms with Gasteiger partial charge in [0.05, 0.1) is 0 Å². The van der Waals surface area contributed by atoms with Crippen LogP contribution >= 0.6 is 0 Å². The van der Waals surface area contributed by atoms with Crippen molar-refractivity contribution < 1.29 is 4.42 Å². The van der Waals surface area contributed by atoms with Crippen molar-refractivity contribution in [1.82, 2.24) is 0 Å². The maximum Gasteiger partial charge on any atom is 0.143 e. The molecule has 0 spiro atoms. The second-order valence-corrected chi connectivity index (χ2v) is 16.1. The van der Waals surface area contributed by atoms with Crippen LogP contribution in [0.1, 0.15) is 0 Å². The molecular weight excluding hydrogens is 751 g/mol. The van der Waals surface area contributed by atoms with Crippen LogP contribution in [0.15, 0.2) is 241 Å². The Balaban J connectivity index is 0.990. The predicted molar refractivity (Wildman–Crippen MR) is 263 cm³/mol. The molecule has 0 bridgehead atoms. The van der Waals surface area contributed by atoms with Crippen LogP contribution in [0.4, 0.5) is 17.1 Å². The van der Waals surface area contributed by atoms with Crippen molar-refractivity contribution in [2.45, 2.75) is 0 Å². The Bertz CT molecular complexity index is 3640. The van der Waals surface area contributed by atoms with E-state index in [9.17, 15) is 0 Å². The van der Waals surface area contributed by atoms with Gasteiger partial charge in [-0.15, -0.1) is 0 Å². The van der Waals surface area contributed by atoms with Crippen molar-refractivity contribution >= 4 is 71.3 Å². The molecule has 0 radical (unpaired) electrons. The van der Waals surface area contributed by atoms with E-state index in [0.717, 1.165) is 55.5 Å². The molecular formula is C60H39NO. The Hall–Kier alpha value is -8.20. The Kier molecular flexibility index (Phi) is 8.53. The summed E-state index contributed by atoms with van der Waals surface area (Å²) in [6, 6.07) is 85.5. The highest BCUT2D eigenvalue weighted by Gasteiger charge is 2.19. The van der Waals surface area contributed by atoms with Crippen molar-refractivity contribution in [2.75, 3.05) is 4.90 Å². The average molecular weight is 790 g/mol. The third-order valence-corrected chi connectivity index (χ3v) is 12.4. The van der Waals surface area contributed by atoms with Crippen LogP contribution in [0.3, 0.4) is 0 Å². The molecule has 0 N–H and O–H groups in total. The summed E-state index contributed by atoms with van der Waals surface area (Å²) in [6.45, 7) is 0. The molecule has 0 aliphatic rings. The van der Waals surface area contributed by atoms with Crippen molar-refractivity contribution in [2.24, 2.45) is 0 Å². The maximum absolute atomic E-state index is 6.62. The lowest BCUT2D eigenvalue weighted by Crippen LogP contribution is -2.10. The molecule has 0 amide bonds. The van der Waals surface area contributed by atoms with Crippen LogP contribution in [-0.2, 0) is 0 Å². The summed E-state index contributed by atoms with van der Waals surface area (Å²) in [5, 5.41) is 9.53. The number of anilines is 3. The Morgan fingerprint density at radius 2 is 0.758 bits per heavy atom. The van der Waals surface area contributed by atoms with Crippen molar-refractivity contribution in [3.05, 3.63) is 237 Å². The highest BCUT2D eigenvalue weighted by molar-refractivity contribution is 6.19. The maximum atomic E-state index is 6.62. The van der Waals surface area contributed by atoms with E-state index in [1.54, 1.807) is 0 Å². The minimum Gasteiger partial charge on any atom is -0.455 e. The molecule has 62 heavy (non-hydrogen) atoms. The molecule has 0 saturated heterocycles. The van der Waals surface area contributed by atoms with Crippen LogP contribution in [0.5, 0.6) is 0 Å². The zero-order chi connectivity index (χ0) is 41.0. The standard InChI is InChI=1S/C60H39NO/c1-4-24-51-41(13-1)16-10-27-53(51)45-19-7-18-44(37-45)40-31-34-48(35-32-40)61(49-22-8-20-46(38-49)54-28-11-17-42-14-2-5-25-52(42)54)50-23-9-21-47(39-50)55-29-12-30-58-59(55)57-36-33-43-15-3-6-26-56(43)60(57)62-58/h1-39H. The number of rotatable bonds is 7. The zero-order valence-electron chi connectivity index (χ0n) is 33.9. The van der Waals surface area contributed by atoms with Gasteiger partial charge in [0.15, 0.2) is 0 Å². The molecule has 12 rings (SSSR count). The van der Waals surface area contributed by atoms with Gasteiger partial charge < -0.3 is 9.32 Å². The van der Waals surface area contributed by atoms with Gasteiger partial charge in [-0.2, -0.15) is 0 Å². The second kappa shape index (κ2) is 14.8. The number of hydrogen-bond acceptors (Lipinski definition) is 2. The summed E-state index contributed by atoms with van der Waals surface area (Å²) in [6.07, 6.45) is 0. The van der Waals surface area contributed by atoms with E-state index in [2.05, 4.69) is 241 Å². The third-order valence-electron chi connectivity index (χ3n) is 12.4. The molecule has 0 aliphatic carbocycles. The number of fused-ring (bicyclic) bond motifs is 7. The molecule has 0 atom stereocenters. The van der Waals surface area contributed by atoms with Crippen LogP contribution in [0.2, 0.25) is 0 Å². The first-order chi connectivity index (χ1) is 30.7. The first-order valence-corrected chi connectivity index (χ1v) is 21.2. The summed E-state index contributed by atoms with van der Waals surface area (Å²) in [7, 11) is 0. The number of hydrogen-bond donors (Lipinski definition) is 0. The molecule has 11 aromatic carbocycles. The molecule has 0 aliphatic heterocycles. The van der Waals surface area contributed by atoms with E-state index >= 15 is 0 Å². The lowest BCUT2D eigenvalue weighted by molar-refractivity contribution is 0.673. The molecule has 0 unspecified atom stereocenters. The van der Waals surface area contributed by atoms with Crippen molar-refractivity contribution in [3.8, 4) is 44.5 Å². The van der Waals surface area contributed by atoms with E-state index in [0.29, 0.717) is 0 Å². The first kappa shape index (κ1) is 35.7. The van der Waals surface area contributed by atoms with Gasteiger partial charge in [-0.3, -0.25) is 0 Å². The van der Waals surface area contributed by atoms with E-state index in [1.165, 1.54) is 60.3 Å². The molecule has 2 heteroatoms. The smallest absolute Gasteiger partial charge is 0.143 e. The van der Waals surface area contributed by atoms with Gasteiger partial charge in [0.1, 0.15) is 11.2 Å². The minimum atomic E-state index is 0.888. The van der Waals surface area contributed by atoms with Crippen molar-refractivity contribution in [1.29, 1.82) is 0 Å². The van der Waals surface area contributed by atoms with E-state index in [-0.39, 0.29) is 0 Å². The van der Waals surface area contributed by atoms with Gasteiger partial charge in [-0.25, -0.2) is 0 Å². The minimum absolute atomic E-state index is 0.888. The Labute approximate surface area is 360 Å². The first-order valence-electron chi connectivity index (χ1n) is 21.2. The summed E-state index contributed by atoms with van der Waals surface area (Å²) in [4.78, 5) is 2.38. The van der Waals surface area contributed by atoms with E-state index in [4.69, 9.17) is 4.42 Å². The van der Waals surface area contributed by atoms with Crippen LogP contribution < -0.4 is 4.90 Å². The molecule has 12 aromatic rings. The van der Waals surface area contributed by atoms with E-state index in [1.807, 2.05) is 0 Å². The lowest BCUT2D eigenvalue weighted by Gasteiger charge is -2.27. The quantitative estimate of drug-likeness (QED) is 0.160. The van der Waals surface area contributed by atoms with Crippen LogP contribution in [0.25, 0.3) is 98.8 Å². The summed E-state index contributed by atoms with van der Waals surface area (Å²) in [5.41, 5.74) is 14.5. The van der Waals surface area contributed by atoms with Crippen LogP contribution in [-0.4, -0.2) is 0 Å². The number of benzene rings is 11. The highest BCUT2D eigenvalue weighted by Crippen LogP contribution is 2.43. The van der Waals surface area contributed by atoms with E-state index < -0.39 is 0 Å². The number of furan rings is 1. The van der Waals surface area contributed by atoms with Crippen molar-refractivity contribution in [3.63, 3.8) is 0 Å². The monoisotopic (exact) mass is 789 g/mol. The SMILES string of the molecule is c1cc(-c2ccc(N(c3cccc(-c4cccc5ccccc45)c3)c3cccc(-c4cccc5oc6c7ccccc7ccc6c45)c3)cc2)cc(-c2cccc3ccccc23)c1. The molecule has 1 heterocycles. The molecule has 2 nitrogen and oxygen atoms in total.